The maximum Gasteiger partial charge on any atom is 0.0850 e. The number of hydrazine groups is 1. The normalized spacial score (nSPS) is 12.7. The SMILES string of the molecule is C=CCC(Cc1c(Cl)c(CC)nn1CC)NN. The Morgan fingerprint density at radius 1 is 1.59 bits per heavy atom. The fraction of sp³-hybridized carbons (Fsp3) is 0.583. The summed E-state index contributed by atoms with van der Waals surface area (Å²) >= 11 is 6.33. The number of aromatic nitrogens is 2. The molecule has 0 radical (unpaired) electrons. The molecule has 0 amide bonds. The average molecular weight is 257 g/mol. The molecule has 5 heteroatoms. The molecule has 1 rings (SSSR count). The molecule has 3 N–H and O–H groups in total. The highest BCUT2D eigenvalue weighted by atomic mass is 35.5. The molecule has 1 aromatic rings. The summed E-state index contributed by atoms with van der Waals surface area (Å²) in [5.74, 6) is 5.52. The first-order chi connectivity index (χ1) is 8.17. The van der Waals surface area contributed by atoms with Gasteiger partial charge in [-0.05, 0) is 19.8 Å². The number of hydrogen-bond acceptors (Lipinski definition) is 3. The topological polar surface area (TPSA) is 55.9 Å². The molecule has 1 aromatic heterocycles. The number of nitrogens with one attached hydrogen (secondary N) is 1. The van der Waals surface area contributed by atoms with Crippen LogP contribution < -0.4 is 11.3 Å². The maximum absolute atomic E-state index is 6.33. The fourth-order valence-corrected chi connectivity index (χ4v) is 2.20. The van der Waals surface area contributed by atoms with Crippen LogP contribution in [0, 0.1) is 0 Å². The smallest absolute Gasteiger partial charge is 0.0850 e. The van der Waals surface area contributed by atoms with Gasteiger partial charge in [0.2, 0.25) is 0 Å². The first kappa shape index (κ1) is 14.2. The highest BCUT2D eigenvalue weighted by Gasteiger charge is 2.17. The summed E-state index contributed by atoms with van der Waals surface area (Å²) in [6.07, 6.45) is 4.28. The first-order valence-electron chi connectivity index (χ1n) is 5.98. The largest absolute Gasteiger partial charge is 0.271 e. The zero-order valence-electron chi connectivity index (χ0n) is 10.5. The van der Waals surface area contributed by atoms with Crippen molar-refractivity contribution in [2.24, 2.45) is 5.84 Å². The van der Waals surface area contributed by atoms with Gasteiger partial charge in [-0.15, -0.1) is 6.58 Å². The van der Waals surface area contributed by atoms with E-state index in [1.54, 1.807) is 0 Å². The predicted octanol–water partition coefficient (Wildman–Crippen LogP) is 2.07. The Kier molecular flexibility index (Phi) is 5.68. The minimum atomic E-state index is 0.150. The standard InChI is InChI=1S/C12H21ClN4/c1-4-7-9(15-14)8-11-12(13)10(5-2)16-17(11)6-3/h4,9,15H,1,5-8,14H2,2-3H3. The van der Waals surface area contributed by atoms with Crippen molar-refractivity contribution in [3.63, 3.8) is 0 Å². The van der Waals surface area contributed by atoms with Crippen LogP contribution in [0.3, 0.4) is 0 Å². The van der Waals surface area contributed by atoms with Crippen LogP contribution in [0.5, 0.6) is 0 Å². The predicted molar refractivity (Wildman–Crippen MR) is 71.9 cm³/mol. The van der Waals surface area contributed by atoms with E-state index in [-0.39, 0.29) is 6.04 Å². The molecule has 0 saturated carbocycles. The average Bonchev–Trinajstić information content (AvgIpc) is 2.65. The molecule has 1 unspecified atom stereocenters. The Morgan fingerprint density at radius 2 is 2.29 bits per heavy atom. The summed E-state index contributed by atoms with van der Waals surface area (Å²) in [5, 5.41) is 5.26. The summed E-state index contributed by atoms with van der Waals surface area (Å²) < 4.78 is 1.95. The molecule has 0 spiro atoms. The second-order valence-electron chi connectivity index (χ2n) is 3.97. The van der Waals surface area contributed by atoms with E-state index in [1.165, 1.54) is 0 Å². The highest BCUT2D eigenvalue weighted by molar-refractivity contribution is 6.31. The van der Waals surface area contributed by atoms with E-state index in [0.717, 1.165) is 42.2 Å². The van der Waals surface area contributed by atoms with E-state index in [0.29, 0.717) is 0 Å². The van der Waals surface area contributed by atoms with Crippen molar-refractivity contribution >= 4 is 11.6 Å². The fourth-order valence-electron chi connectivity index (χ4n) is 1.86. The van der Waals surface area contributed by atoms with Gasteiger partial charge in [0.15, 0.2) is 0 Å². The van der Waals surface area contributed by atoms with Crippen molar-refractivity contribution in [1.29, 1.82) is 0 Å². The van der Waals surface area contributed by atoms with Crippen LogP contribution in [0.4, 0.5) is 0 Å². The van der Waals surface area contributed by atoms with E-state index in [9.17, 15) is 0 Å². The number of aryl methyl sites for hydroxylation is 2. The molecule has 0 saturated heterocycles. The van der Waals surface area contributed by atoms with Crippen LogP contribution in [0.2, 0.25) is 5.02 Å². The van der Waals surface area contributed by atoms with E-state index in [4.69, 9.17) is 17.4 Å². The summed E-state index contributed by atoms with van der Waals surface area (Å²) in [6.45, 7) is 8.66. The second kappa shape index (κ2) is 6.79. The van der Waals surface area contributed by atoms with Crippen LogP contribution in [0.25, 0.3) is 0 Å². The zero-order chi connectivity index (χ0) is 12.8. The number of hydrogen-bond donors (Lipinski definition) is 2. The summed E-state index contributed by atoms with van der Waals surface area (Å²) in [5.41, 5.74) is 4.79. The number of nitrogens with two attached hydrogens (primary N) is 1. The van der Waals surface area contributed by atoms with Gasteiger partial charge in [-0.2, -0.15) is 5.10 Å². The lowest BCUT2D eigenvalue weighted by Crippen LogP contribution is -2.36. The van der Waals surface area contributed by atoms with Gasteiger partial charge in [0, 0.05) is 19.0 Å². The minimum Gasteiger partial charge on any atom is -0.271 e. The Morgan fingerprint density at radius 3 is 2.76 bits per heavy atom. The molecular formula is C12H21ClN4. The third-order valence-corrected chi connectivity index (χ3v) is 3.26. The molecule has 0 aliphatic heterocycles. The van der Waals surface area contributed by atoms with Gasteiger partial charge in [-0.1, -0.05) is 24.6 Å². The minimum absolute atomic E-state index is 0.150. The second-order valence-corrected chi connectivity index (χ2v) is 4.35. The van der Waals surface area contributed by atoms with Gasteiger partial charge in [0.25, 0.3) is 0 Å². The molecule has 4 nitrogen and oxygen atoms in total. The van der Waals surface area contributed by atoms with Crippen LogP contribution >= 0.6 is 11.6 Å². The van der Waals surface area contributed by atoms with E-state index < -0.39 is 0 Å². The lowest BCUT2D eigenvalue weighted by molar-refractivity contribution is 0.502. The lowest BCUT2D eigenvalue weighted by atomic mass is 10.1. The molecule has 17 heavy (non-hydrogen) atoms. The Labute approximate surface area is 108 Å². The van der Waals surface area contributed by atoms with Crippen molar-refractivity contribution in [2.75, 3.05) is 0 Å². The third-order valence-electron chi connectivity index (χ3n) is 2.82. The van der Waals surface area contributed by atoms with E-state index >= 15 is 0 Å². The zero-order valence-corrected chi connectivity index (χ0v) is 11.3. The molecule has 0 fully saturated rings. The van der Waals surface area contributed by atoms with Gasteiger partial charge in [0.1, 0.15) is 0 Å². The third kappa shape index (κ3) is 3.31. The number of nitrogens with zero attached hydrogens (tertiary/aromatic N) is 2. The lowest BCUT2D eigenvalue weighted by Gasteiger charge is -2.14. The Bertz CT molecular complexity index is 373. The molecule has 96 valence electrons. The van der Waals surface area contributed by atoms with Crippen molar-refractivity contribution in [3.05, 3.63) is 29.1 Å². The summed E-state index contributed by atoms with van der Waals surface area (Å²) in [4.78, 5) is 0. The number of rotatable bonds is 7. The van der Waals surface area contributed by atoms with Crippen LogP contribution in [0.15, 0.2) is 12.7 Å². The monoisotopic (exact) mass is 256 g/mol. The van der Waals surface area contributed by atoms with Crippen molar-refractivity contribution in [1.82, 2.24) is 15.2 Å². The Hall–Kier alpha value is -0.840. The molecule has 0 bridgehead atoms. The van der Waals surface area contributed by atoms with E-state index in [1.807, 2.05) is 10.8 Å². The van der Waals surface area contributed by atoms with Gasteiger partial charge < -0.3 is 0 Å². The summed E-state index contributed by atoms with van der Waals surface area (Å²) in [7, 11) is 0. The van der Waals surface area contributed by atoms with E-state index in [2.05, 4.69) is 31.0 Å². The van der Waals surface area contributed by atoms with Gasteiger partial charge >= 0.3 is 0 Å². The van der Waals surface area contributed by atoms with Gasteiger partial charge in [-0.3, -0.25) is 16.0 Å². The van der Waals surface area contributed by atoms with Crippen LogP contribution in [-0.2, 0) is 19.4 Å². The molecule has 0 aromatic carbocycles. The molecule has 0 aliphatic rings. The highest BCUT2D eigenvalue weighted by Crippen LogP contribution is 2.23. The Balaban J connectivity index is 2.94. The molecule has 0 aliphatic carbocycles. The summed E-state index contributed by atoms with van der Waals surface area (Å²) in [6, 6.07) is 0.150. The quantitative estimate of drug-likeness (QED) is 0.446. The van der Waals surface area contributed by atoms with Crippen molar-refractivity contribution in [2.45, 2.75) is 45.7 Å². The number of halogens is 1. The molecular weight excluding hydrogens is 236 g/mol. The van der Waals surface area contributed by atoms with Crippen LogP contribution in [0.1, 0.15) is 31.7 Å². The molecule has 1 atom stereocenters. The van der Waals surface area contributed by atoms with Crippen molar-refractivity contribution < 1.29 is 0 Å². The van der Waals surface area contributed by atoms with Crippen LogP contribution in [-0.4, -0.2) is 15.8 Å². The van der Waals surface area contributed by atoms with Gasteiger partial charge in [-0.25, -0.2) is 0 Å². The molecule has 1 heterocycles. The maximum atomic E-state index is 6.33. The van der Waals surface area contributed by atoms with Gasteiger partial charge in [0.05, 0.1) is 16.4 Å². The van der Waals surface area contributed by atoms with Crippen molar-refractivity contribution in [3.8, 4) is 0 Å². The first-order valence-corrected chi connectivity index (χ1v) is 6.36.